The van der Waals surface area contributed by atoms with Crippen molar-refractivity contribution < 1.29 is 14.0 Å². The maximum absolute atomic E-state index is 8.24. The van der Waals surface area contributed by atoms with Gasteiger partial charge in [-0.25, -0.2) is 0 Å². The lowest BCUT2D eigenvalue weighted by atomic mass is 10.1. The molecule has 1 aliphatic heterocycles. The molecule has 0 aromatic carbocycles. The SMILES string of the molecule is C1CCOC1.CCCC[N+](CCCC)(CCCC)CCCC.[N-]=C=O. The van der Waals surface area contributed by atoms with Crippen LogP contribution in [0.15, 0.2) is 0 Å². The Morgan fingerprint density at radius 3 is 1.20 bits per heavy atom. The Hall–Kier alpha value is -0.700. The zero-order valence-corrected chi connectivity index (χ0v) is 17.5. The first kappa shape index (κ1) is 26.5. The molecule has 1 saturated heterocycles. The first-order valence-corrected chi connectivity index (χ1v) is 10.6. The number of carbonyl (C=O) groups excluding carboxylic acids is 1. The van der Waals surface area contributed by atoms with Gasteiger partial charge in [0, 0.05) is 13.2 Å². The van der Waals surface area contributed by atoms with Crippen molar-refractivity contribution >= 4 is 6.08 Å². The Bertz CT molecular complexity index is 241. The molecule has 25 heavy (non-hydrogen) atoms. The maximum Gasteiger partial charge on any atom is 0.0786 e. The van der Waals surface area contributed by atoms with Crippen LogP contribution in [0.3, 0.4) is 0 Å². The van der Waals surface area contributed by atoms with Gasteiger partial charge in [-0.15, -0.1) is 0 Å². The molecule has 4 nitrogen and oxygen atoms in total. The van der Waals surface area contributed by atoms with E-state index in [2.05, 4.69) is 27.7 Å². The molecule has 150 valence electrons. The number of rotatable bonds is 12. The fraction of sp³-hybridized carbons (Fsp3) is 0.952. The van der Waals surface area contributed by atoms with Crippen molar-refractivity contribution in [3.05, 3.63) is 5.41 Å². The molecule has 0 spiro atoms. The van der Waals surface area contributed by atoms with Crippen molar-refractivity contribution in [2.75, 3.05) is 39.4 Å². The van der Waals surface area contributed by atoms with Gasteiger partial charge >= 0.3 is 0 Å². The third-order valence-electron chi connectivity index (χ3n) is 4.77. The Balaban J connectivity index is 0. The predicted molar refractivity (Wildman–Crippen MR) is 108 cm³/mol. The van der Waals surface area contributed by atoms with Crippen molar-refractivity contribution in [3.63, 3.8) is 0 Å². The molecule has 0 saturated carbocycles. The van der Waals surface area contributed by atoms with Crippen molar-refractivity contribution in [2.24, 2.45) is 0 Å². The van der Waals surface area contributed by atoms with Gasteiger partial charge in [-0.3, -0.25) is 4.79 Å². The minimum Gasteiger partial charge on any atom is -0.724 e. The van der Waals surface area contributed by atoms with Crippen molar-refractivity contribution in [2.45, 2.75) is 91.9 Å². The molecule has 0 N–H and O–H groups in total. The summed E-state index contributed by atoms with van der Waals surface area (Å²) in [4.78, 5) is 8.24. The summed E-state index contributed by atoms with van der Waals surface area (Å²) in [6.45, 7) is 17.0. The first-order valence-electron chi connectivity index (χ1n) is 10.6. The fourth-order valence-electron chi connectivity index (χ4n) is 3.16. The highest BCUT2D eigenvalue weighted by molar-refractivity contribution is 5.36. The number of hydrogen-bond donors (Lipinski definition) is 0. The first-order chi connectivity index (χ1) is 12.2. The van der Waals surface area contributed by atoms with E-state index in [1.165, 1.54) is 94.9 Å². The Kier molecular flexibility index (Phi) is 22.6. The van der Waals surface area contributed by atoms with Crippen LogP contribution in [0.4, 0.5) is 0 Å². The van der Waals surface area contributed by atoms with Crippen LogP contribution in [0.5, 0.6) is 0 Å². The molecule has 0 aromatic heterocycles. The van der Waals surface area contributed by atoms with E-state index in [9.17, 15) is 0 Å². The van der Waals surface area contributed by atoms with Crippen LogP contribution in [-0.4, -0.2) is 50.0 Å². The molecule has 0 aromatic rings. The minimum absolute atomic E-state index is 0.500. The molecular weight excluding hydrogens is 312 g/mol. The summed E-state index contributed by atoms with van der Waals surface area (Å²) in [6.07, 6.45) is 14.1. The van der Waals surface area contributed by atoms with Gasteiger partial charge < -0.3 is 14.6 Å². The monoisotopic (exact) mass is 356 g/mol. The van der Waals surface area contributed by atoms with Gasteiger partial charge in [0.15, 0.2) is 0 Å². The summed E-state index contributed by atoms with van der Waals surface area (Å²) in [5.74, 6) is 0. The minimum atomic E-state index is 0.500. The summed E-state index contributed by atoms with van der Waals surface area (Å²) in [7, 11) is 0. The van der Waals surface area contributed by atoms with Gasteiger partial charge in [0.25, 0.3) is 0 Å². The van der Waals surface area contributed by atoms with Gasteiger partial charge in [0.2, 0.25) is 0 Å². The van der Waals surface area contributed by atoms with Crippen LogP contribution in [-0.2, 0) is 9.53 Å². The van der Waals surface area contributed by atoms with Gasteiger partial charge in [0.05, 0.1) is 26.2 Å². The van der Waals surface area contributed by atoms with Gasteiger partial charge in [-0.1, -0.05) is 53.4 Å². The number of unbranched alkanes of at least 4 members (excludes halogenated alkanes) is 4. The third kappa shape index (κ3) is 17.9. The molecule has 4 heteroatoms. The summed E-state index contributed by atoms with van der Waals surface area (Å²) in [5, 5.41) is 6.76. The topological polar surface area (TPSA) is 48.6 Å². The van der Waals surface area contributed by atoms with Crippen LogP contribution in [0.25, 0.3) is 5.41 Å². The standard InChI is InChI=1S/C16H36N.C4H8O.CNO/c1-5-9-13-17(14-10-6-2,15-11-7-3)16-12-8-4;1-2-4-5-3-1;2-1-3/h5-16H2,1-4H3;1-4H2;/q+1;;-1. The van der Waals surface area contributed by atoms with Crippen LogP contribution < -0.4 is 0 Å². The summed E-state index contributed by atoms with van der Waals surface area (Å²) in [5.41, 5.74) is 0. The quantitative estimate of drug-likeness (QED) is 0.256. The molecule has 0 aliphatic carbocycles. The van der Waals surface area contributed by atoms with Crippen molar-refractivity contribution in [1.82, 2.24) is 0 Å². The van der Waals surface area contributed by atoms with E-state index in [1.54, 1.807) is 0 Å². The number of isocyanates is 1. The number of ether oxygens (including phenoxy) is 1. The van der Waals surface area contributed by atoms with E-state index >= 15 is 0 Å². The molecule has 1 rings (SSSR count). The second-order valence-corrected chi connectivity index (χ2v) is 7.06. The van der Waals surface area contributed by atoms with Gasteiger partial charge in [0.1, 0.15) is 0 Å². The van der Waals surface area contributed by atoms with E-state index in [0.717, 1.165) is 13.2 Å². The number of hydrogen-bond acceptors (Lipinski definition) is 2. The van der Waals surface area contributed by atoms with E-state index in [1.807, 2.05) is 0 Å². The lowest BCUT2D eigenvalue weighted by Gasteiger charge is -2.39. The maximum atomic E-state index is 8.24. The third-order valence-corrected chi connectivity index (χ3v) is 4.77. The van der Waals surface area contributed by atoms with E-state index in [-0.39, 0.29) is 0 Å². The molecule has 0 radical (unpaired) electrons. The van der Waals surface area contributed by atoms with Crippen LogP contribution >= 0.6 is 0 Å². The lowest BCUT2D eigenvalue weighted by molar-refractivity contribution is -0.929. The van der Waals surface area contributed by atoms with Crippen molar-refractivity contribution in [3.8, 4) is 0 Å². The normalized spacial score (nSPS) is 13.3. The summed E-state index contributed by atoms with van der Waals surface area (Å²) in [6, 6.07) is 0. The van der Waals surface area contributed by atoms with E-state index in [0.29, 0.717) is 6.08 Å². The van der Waals surface area contributed by atoms with E-state index < -0.39 is 0 Å². The van der Waals surface area contributed by atoms with Crippen LogP contribution in [0, 0.1) is 0 Å². The van der Waals surface area contributed by atoms with E-state index in [4.69, 9.17) is 14.9 Å². The largest absolute Gasteiger partial charge is 0.724 e. The molecule has 0 amide bonds. The Morgan fingerprint density at radius 2 is 1.04 bits per heavy atom. The molecular formula is C21H44N2O2. The molecule has 1 heterocycles. The molecule has 1 aliphatic rings. The summed E-state index contributed by atoms with van der Waals surface area (Å²) < 4.78 is 6.36. The Morgan fingerprint density at radius 1 is 0.760 bits per heavy atom. The van der Waals surface area contributed by atoms with Crippen LogP contribution in [0.2, 0.25) is 0 Å². The highest BCUT2D eigenvalue weighted by Crippen LogP contribution is 2.16. The zero-order valence-electron chi connectivity index (χ0n) is 17.5. The summed E-state index contributed by atoms with van der Waals surface area (Å²) >= 11 is 0. The molecule has 1 fully saturated rings. The Labute approximate surface area is 157 Å². The molecule has 0 bridgehead atoms. The van der Waals surface area contributed by atoms with Crippen LogP contribution in [0.1, 0.15) is 91.9 Å². The zero-order chi connectivity index (χ0) is 19.2. The number of quaternary nitrogens is 1. The lowest BCUT2D eigenvalue weighted by Crippen LogP contribution is -2.50. The molecule has 0 unspecified atom stereocenters. The fourth-order valence-corrected chi connectivity index (χ4v) is 3.16. The average Bonchev–Trinajstić information content (AvgIpc) is 3.21. The highest BCUT2D eigenvalue weighted by Gasteiger charge is 2.24. The van der Waals surface area contributed by atoms with Crippen molar-refractivity contribution in [1.29, 1.82) is 0 Å². The molecule has 0 atom stereocenters. The second-order valence-electron chi connectivity index (χ2n) is 7.06. The van der Waals surface area contributed by atoms with Gasteiger partial charge in [-0.05, 0) is 44.6 Å². The smallest absolute Gasteiger partial charge is 0.0786 e. The second kappa shape index (κ2) is 21.3. The number of nitrogens with zero attached hydrogens (tertiary/aromatic N) is 2. The predicted octanol–water partition coefficient (Wildman–Crippen LogP) is 5.69. The van der Waals surface area contributed by atoms with Gasteiger partial charge in [-0.2, -0.15) is 0 Å². The average molecular weight is 357 g/mol. The highest BCUT2D eigenvalue weighted by atomic mass is 16.5.